The lowest BCUT2D eigenvalue weighted by molar-refractivity contribution is 0.104. The first-order valence-electron chi connectivity index (χ1n) is 16.2. The van der Waals surface area contributed by atoms with Crippen LogP contribution in [0, 0.1) is 20.9 Å². The topological polar surface area (TPSA) is 183 Å². The number of carbonyl (C=O) groups excluding carboxylic acids is 4. The van der Waals surface area contributed by atoms with Crippen molar-refractivity contribution in [3.8, 4) is 34.5 Å². The zero-order valence-electron chi connectivity index (χ0n) is 29.9. The minimum atomic E-state index is -1.22. The number of carbonyl (C=O) groups is 4. The van der Waals surface area contributed by atoms with Crippen molar-refractivity contribution in [3.05, 3.63) is 106 Å². The quantitative estimate of drug-likeness (QED) is 0.0536. The highest BCUT2D eigenvalue weighted by Crippen LogP contribution is 2.50. The summed E-state index contributed by atoms with van der Waals surface area (Å²) >= 11 is 0. The Kier molecular flexibility index (Phi) is 11.2. The van der Waals surface area contributed by atoms with E-state index in [4.69, 9.17) is 37.9 Å². The Morgan fingerprint density at radius 2 is 0.722 bits per heavy atom. The fraction of sp³-hybridized carbons (Fsp3) is 0.200. The van der Waals surface area contributed by atoms with E-state index in [1.165, 1.54) is 36.4 Å². The van der Waals surface area contributed by atoms with Crippen molar-refractivity contribution in [2.45, 2.75) is 27.7 Å². The molecule has 1 aliphatic carbocycles. The Morgan fingerprint density at radius 3 is 1.00 bits per heavy atom. The van der Waals surface area contributed by atoms with Crippen molar-refractivity contribution in [2.75, 3.05) is 26.4 Å². The molecule has 2 N–H and O–H groups in total. The molecule has 14 heteroatoms. The number of fused-ring (bicyclic) bond motifs is 4. The summed E-state index contributed by atoms with van der Waals surface area (Å²) in [5, 5.41) is 22.1. The van der Waals surface area contributed by atoms with E-state index in [1.54, 1.807) is 27.7 Å². The van der Waals surface area contributed by atoms with Gasteiger partial charge >= 0.3 is 24.6 Å². The molecule has 0 radical (unpaired) electrons. The molecule has 280 valence electrons. The van der Waals surface area contributed by atoms with Crippen molar-refractivity contribution in [1.82, 2.24) is 0 Å². The lowest BCUT2D eigenvalue weighted by atomic mass is 9.91. The van der Waals surface area contributed by atoms with Crippen LogP contribution >= 0.6 is 0 Å². The van der Waals surface area contributed by atoms with Gasteiger partial charge in [-0.05, 0) is 62.1 Å². The molecule has 0 atom stereocenters. The van der Waals surface area contributed by atoms with Crippen LogP contribution in [0.2, 0.25) is 0 Å². The van der Waals surface area contributed by atoms with Crippen LogP contribution in [0.3, 0.4) is 0 Å². The van der Waals surface area contributed by atoms with Gasteiger partial charge < -0.3 is 48.1 Å². The maximum atomic E-state index is 13.2. The normalized spacial score (nSPS) is 10.9. The van der Waals surface area contributed by atoms with Crippen LogP contribution in [-0.2, 0) is 18.9 Å². The summed E-state index contributed by atoms with van der Waals surface area (Å²) < 4.78 is 43.9. The number of ether oxygens (including phenoxy) is 8. The van der Waals surface area contributed by atoms with Crippen molar-refractivity contribution >= 4 is 46.2 Å². The molecule has 0 unspecified atom stereocenters. The first-order chi connectivity index (χ1) is 25.6. The maximum absolute atomic E-state index is 13.2. The smallest absolute Gasteiger partial charge is 0.507 e. The van der Waals surface area contributed by atoms with E-state index in [0.29, 0.717) is 22.3 Å². The largest absolute Gasteiger partial charge is 0.514 e. The summed E-state index contributed by atoms with van der Waals surface area (Å²) in [6, 6.07) is 8.37. The van der Waals surface area contributed by atoms with Gasteiger partial charge in [0.05, 0.1) is 10.8 Å². The van der Waals surface area contributed by atoms with Crippen molar-refractivity contribution < 1.29 is 67.3 Å². The first-order valence-corrected chi connectivity index (χ1v) is 16.2. The minimum Gasteiger partial charge on any atom is -0.507 e. The fourth-order valence-electron chi connectivity index (χ4n) is 5.40. The molecule has 0 heterocycles. The first kappa shape index (κ1) is 38.3. The molecule has 1 aliphatic rings. The number of benzene rings is 4. The molecule has 4 aromatic carbocycles. The van der Waals surface area contributed by atoms with Gasteiger partial charge in [-0.1, -0.05) is 50.6 Å². The molecule has 0 saturated heterocycles. The van der Waals surface area contributed by atoms with Gasteiger partial charge in [0.1, 0.15) is 37.9 Å². The number of rotatable bonds is 12. The van der Waals surface area contributed by atoms with E-state index in [0.717, 1.165) is 0 Å². The molecule has 0 amide bonds. The fourth-order valence-corrected chi connectivity index (χ4v) is 5.40. The van der Waals surface area contributed by atoms with Gasteiger partial charge in [0, 0.05) is 31.6 Å². The summed E-state index contributed by atoms with van der Waals surface area (Å²) in [6.07, 6.45) is -4.82. The Labute approximate surface area is 307 Å². The van der Waals surface area contributed by atoms with Gasteiger partial charge in [-0.3, -0.25) is 0 Å². The summed E-state index contributed by atoms with van der Waals surface area (Å²) in [5.74, 6) is -2.03. The zero-order chi connectivity index (χ0) is 39.4. The van der Waals surface area contributed by atoms with Gasteiger partial charge in [-0.25, -0.2) is 19.2 Å². The number of phenols is 2. The summed E-state index contributed by atoms with van der Waals surface area (Å²) in [4.78, 5) is 52.7. The highest BCUT2D eigenvalue weighted by molar-refractivity contribution is 6.03. The number of hydrogen-bond donors (Lipinski definition) is 2. The van der Waals surface area contributed by atoms with E-state index in [2.05, 4.69) is 26.3 Å². The van der Waals surface area contributed by atoms with Crippen LogP contribution in [0.1, 0.15) is 27.7 Å². The van der Waals surface area contributed by atoms with Crippen molar-refractivity contribution in [2.24, 2.45) is 0 Å². The van der Waals surface area contributed by atoms with Crippen LogP contribution in [0.4, 0.5) is 19.2 Å². The number of aromatic hydroxyl groups is 2. The van der Waals surface area contributed by atoms with Crippen LogP contribution in [0.15, 0.2) is 85.0 Å². The molecule has 0 saturated carbocycles. The molecular weight excluding hydrogens is 704 g/mol. The average Bonchev–Trinajstić information content (AvgIpc) is 3.08. The Morgan fingerprint density at radius 1 is 0.463 bits per heavy atom. The molecule has 0 aromatic heterocycles. The van der Waals surface area contributed by atoms with E-state index < -0.39 is 36.1 Å². The van der Waals surface area contributed by atoms with Crippen LogP contribution in [0.5, 0.6) is 34.5 Å². The van der Waals surface area contributed by atoms with Gasteiger partial charge in [0.15, 0.2) is 23.0 Å². The third-order valence-corrected chi connectivity index (χ3v) is 7.42. The summed E-state index contributed by atoms with van der Waals surface area (Å²) in [7, 11) is 0. The summed E-state index contributed by atoms with van der Waals surface area (Å²) in [6.45, 7) is 20.5. The van der Waals surface area contributed by atoms with E-state index in [9.17, 15) is 29.4 Å². The lowest BCUT2D eigenvalue weighted by Crippen LogP contribution is -2.18. The minimum absolute atomic E-state index is 0.0221. The maximum Gasteiger partial charge on any atom is 0.514 e. The van der Waals surface area contributed by atoms with Gasteiger partial charge in [0.2, 0.25) is 0 Å². The molecule has 4 aromatic rings. The predicted octanol–water partition coefficient (Wildman–Crippen LogP) is 8.66. The molecule has 0 bridgehead atoms. The van der Waals surface area contributed by atoms with E-state index >= 15 is 0 Å². The van der Waals surface area contributed by atoms with Gasteiger partial charge in [0.25, 0.3) is 0 Å². The van der Waals surface area contributed by atoms with Crippen LogP contribution < -0.4 is 18.9 Å². The second-order valence-corrected chi connectivity index (χ2v) is 12.6. The summed E-state index contributed by atoms with van der Waals surface area (Å²) in [5.41, 5.74) is 1.98. The van der Waals surface area contributed by atoms with E-state index in [1.807, 2.05) is 0 Å². The Hall–Kier alpha value is -6.96. The second kappa shape index (κ2) is 15.7. The molecule has 0 fully saturated rings. The molecular formula is C40H36O14. The van der Waals surface area contributed by atoms with Gasteiger partial charge in [-0.2, -0.15) is 0 Å². The Balaban J connectivity index is 1.99. The molecule has 0 aliphatic heterocycles. The number of phenolic OH excluding ortho intramolecular Hbond substituents is 2. The standard InChI is InChI=1S/C40H36O14/c1-19(2)15-47-37(43)51-33-23-11-9-13-25(41)27(23)35(53-39(45)49-17-21(5)6)31-29(33)30-32(31)36(54-40(46)50-18-22(7)8)28-24(12-10-14-26(28)42)34(30)52-38(44)48-16-20(3)4/h9-14,41-42H,1,3,5,7,15-18H2,2,4,6,8H3. The van der Waals surface area contributed by atoms with Gasteiger partial charge in [-0.15, -0.1) is 0 Å². The van der Waals surface area contributed by atoms with Crippen molar-refractivity contribution in [3.63, 3.8) is 0 Å². The Bertz CT molecular complexity index is 2340. The lowest BCUT2D eigenvalue weighted by Gasteiger charge is -2.22. The highest BCUT2D eigenvalue weighted by Gasteiger charge is 2.32. The molecule has 5 rings (SSSR count). The second-order valence-electron chi connectivity index (χ2n) is 12.6. The molecule has 14 nitrogen and oxygen atoms in total. The van der Waals surface area contributed by atoms with E-state index in [-0.39, 0.29) is 91.8 Å². The zero-order valence-corrected chi connectivity index (χ0v) is 29.9. The predicted molar refractivity (Wildman–Crippen MR) is 194 cm³/mol. The third kappa shape index (κ3) is 7.92. The molecule has 54 heavy (non-hydrogen) atoms. The number of hydrogen-bond acceptors (Lipinski definition) is 14. The molecule has 0 spiro atoms. The average molecular weight is 741 g/mol. The van der Waals surface area contributed by atoms with Crippen LogP contribution in [0.25, 0.3) is 21.5 Å². The monoisotopic (exact) mass is 740 g/mol. The SMILES string of the molecule is C=C(C)COC(=O)Oc1c2c(c(OC(=O)OCC(=C)C)c3c(O)cccc13)=c1c(OC(=O)OCC(=C)C)c3c(O)cccc3c(OC(=O)OCC(=C)C)c1=2. The van der Waals surface area contributed by atoms with Crippen molar-refractivity contribution in [1.29, 1.82) is 0 Å². The highest BCUT2D eigenvalue weighted by atomic mass is 16.7. The van der Waals surface area contributed by atoms with Crippen LogP contribution in [-0.4, -0.2) is 61.3 Å². The third-order valence-electron chi connectivity index (χ3n) is 7.42.